The normalized spacial score (nSPS) is 17.0. The molecule has 1 heterocycles. The van der Waals surface area contributed by atoms with Crippen molar-refractivity contribution in [3.8, 4) is 0 Å². The molecule has 0 bridgehead atoms. The van der Waals surface area contributed by atoms with Crippen molar-refractivity contribution in [2.75, 3.05) is 26.0 Å². The van der Waals surface area contributed by atoms with Crippen LogP contribution in [-0.2, 0) is 19.0 Å². The van der Waals surface area contributed by atoms with Crippen molar-refractivity contribution < 1.29 is 22.1 Å². The van der Waals surface area contributed by atoms with Gasteiger partial charge in [0.1, 0.15) is 6.10 Å². The Bertz CT molecular complexity index is 334. The van der Waals surface area contributed by atoms with Gasteiger partial charge in [0.25, 0.3) is 10.1 Å². The average Bonchev–Trinajstić information content (AvgIpc) is 2.09. The number of hydrogen-bond acceptors (Lipinski definition) is 5. The molecule has 0 aromatic heterocycles. The van der Waals surface area contributed by atoms with Crippen molar-refractivity contribution in [3.63, 3.8) is 0 Å². The van der Waals surface area contributed by atoms with Gasteiger partial charge in [-0.1, -0.05) is 13.3 Å². The highest BCUT2D eigenvalue weighted by Crippen LogP contribution is 2.14. The maximum absolute atomic E-state index is 11.3. The van der Waals surface area contributed by atoms with Gasteiger partial charge in [0.15, 0.2) is 0 Å². The van der Waals surface area contributed by atoms with Crippen LogP contribution in [0.3, 0.4) is 0 Å². The van der Waals surface area contributed by atoms with Crippen LogP contribution in [0.15, 0.2) is 0 Å². The summed E-state index contributed by atoms with van der Waals surface area (Å²) in [6, 6.07) is 0. The van der Waals surface area contributed by atoms with E-state index in [-0.39, 0.29) is 13.1 Å². The summed E-state index contributed by atoms with van der Waals surface area (Å²) in [5, 5.41) is 0. The smallest absolute Gasteiger partial charge is 0.409 e. The quantitative estimate of drug-likeness (QED) is 0.528. The maximum atomic E-state index is 11.3. The summed E-state index contributed by atoms with van der Waals surface area (Å²) in [6.45, 7) is 2.97. The summed E-state index contributed by atoms with van der Waals surface area (Å²) in [7, 11) is -3.43. The van der Waals surface area contributed by atoms with Gasteiger partial charge in [-0.15, -0.1) is 0 Å². The third kappa shape index (κ3) is 4.36. The Hall–Kier alpha value is -0.820. The first-order valence-corrected chi connectivity index (χ1v) is 7.04. The molecule has 0 saturated carbocycles. The van der Waals surface area contributed by atoms with Crippen molar-refractivity contribution in [2.45, 2.75) is 25.9 Å². The van der Waals surface area contributed by atoms with E-state index in [1.807, 2.05) is 6.92 Å². The summed E-state index contributed by atoms with van der Waals surface area (Å²) in [5.74, 6) is 0. The molecule has 1 saturated heterocycles. The highest BCUT2D eigenvalue weighted by atomic mass is 32.2. The number of carbonyl (C=O) groups excluding carboxylic acids is 1. The van der Waals surface area contributed by atoms with Crippen LogP contribution in [0.5, 0.6) is 0 Å². The van der Waals surface area contributed by atoms with Gasteiger partial charge >= 0.3 is 6.09 Å². The summed E-state index contributed by atoms with van der Waals surface area (Å²) >= 11 is 0. The van der Waals surface area contributed by atoms with E-state index >= 15 is 0 Å². The van der Waals surface area contributed by atoms with Gasteiger partial charge in [0.2, 0.25) is 0 Å². The number of likely N-dealkylation sites (tertiary alicyclic amines) is 1. The molecule has 0 unspecified atom stereocenters. The van der Waals surface area contributed by atoms with Crippen LogP contribution in [-0.4, -0.2) is 51.5 Å². The van der Waals surface area contributed by atoms with Crippen LogP contribution in [0.2, 0.25) is 0 Å². The van der Waals surface area contributed by atoms with E-state index < -0.39 is 22.3 Å². The first-order valence-electron chi connectivity index (χ1n) is 5.22. The Kier molecular flexibility index (Phi) is 4.55. The molecule has 0 spiro atoms. The van der Waals surface area contributed by atoms with E-state index in [4.69, 9.17) is 8.92 Å². The lowest BCUT2D eigenvalue weighted by Gasteiger charge is -2.36. The lowest BCUT2D eigenvalue weighted by Crippen LogP contribution is -2.55. The maximum Gasteiger partial charge on any atom is 0.409 e. The second kappa shape index (κ2) is 5.49. The van der Waals surface area contributed by atoms with Crippen molar-refractivity contribution in [3.05, 3.63) is 0 Å². The summed E-state index contributed by atoms with van der Waals surface area (Å²) in [5.41, 5.74) is 0. The largest absolute Gasteiger partial charge is 0.449 e. The number of ether oxygens (including phenoxy) is 1. The van der Waals surface area contributed by atoms with E-state index in [1.54, 1.807) is 0 Å². The zero-order valence-corrected chi connectivity index (χ0v) is 10.3. The zero-order valence-electron chi connectivity index (χ0n) is 9.51. The minimum atomic E-state index is -3.43. The highest BCUT2D eigenvalue weighted by Gasteiger charge is 2.34. The first-order chi connectivity index (χ1) is 7.42. The lowest BCUT2D eigenvalue weighted by atomic mass is 10.2. The molecule has 0 radical (unpaired) electrons. The molecule has 0 atom stereocenters. The van der Waals surface area contributed by atoms with Crippen molar-refractivity contribution in [1.29, 1.82) is 0 Å². The number of hydrogen-bond donors (Lipinski definition) is 0. The van der Waals surface area contributed by atoms with Crippen molar-refractivity contribution >= 4 is 16.2 Å². The van der Waals surface area contributed by atoms with Gasteiger partial charge < -0.3 is 9.64 Å². The molecule has 7 heteroatoms. The molecular weight excluding hydrogens is 234 g/mol. The highest BCUT2D eigenvalue weighted by molar-refractivity contribution is 7.86. The first kappa shape index (κ1) is 13.2. The van der Waals surface area contributed by atoms with E-state index in [2.05, 4.69) is 0 Å². The Morgan fingerprint density at radius 3 is 2.56 bits per heavy atom. The summed E-state index contributed by atoms with van der Waals surface area (Å²) in [6.07, 6.45) is 1.97. The predicted octanol–water partition coefficient (Wildman–Crippen LogP) is 0.584. The van der Waals surface area contributed by atoms with E-state index in [0.717, 1.165) is 19.1 Å². The Balaban J connectivity index is 2.18. The third-order valence-electron chi connectivity index (χ3n) is 2.14. The fourth-order valence-corrected chi connectivity index (χ4v) is 1.91. The van der Waals surface area contributed by atoms with Crippen LogP contribution in [0.4, 0.5) is 4.79 Å². The summed E-state index contributed by atoms with van der Waals surface area (Å²) < 4.78 is 31.2. The molecule has 0 aromatic carbocycles. The standard InChI is InChI=1S/C9H17NO5S/c1-3-4-5-14-9(11)10-6-8(7-10)15-16(2,12)13/h8H,3-7H2,1-2H3. The topological polar surface area (TPSA) is 72.9 Å². The summed E-state index contributed by atoms with van der Waals surface area (Å²) in [4.78, 5) is 12.7. The zero-order chi connectivity index (χ0) is 12.2. The SMILES string of the molecule is CCCCOC(=O)N1CC(OS(C)(=O)=O)C1. The number of nitrogens with zero attached hydrogens (tertiary/aromatic N) is 1. The molecule has 0 N–H and O–H groups in total. The van der Waals surface area contributed by atoms with Gasteiger partial charge in [-0.05, 0) is 6.42 Å². The third-order valence-corrected chi connectivity index (χ3v) is 2.76. The van der Waals surface area contributed by atoms with Gasteiger partial charge in [-0.2, -0.15) is 8.42 Å². The number of unbranched alkanes of at least 4 members (excludes halogenated alkanes) is 1. The molecule has 6 nitrogen and oxygen atoms in total. The second-order valence-electron chi connectivity index (χ2n) is 3.80. The molecule has 0 aromatic rings. The number of rotatable bonds is 5. The van der Waals surface area contributed by atoms with Crippen LogP contribution >= 0.6 is 0 Å². The molecule has 1 fully saturated rings. The molecule has 1 aliphatic rings. The van der Waals surface area contributed by atoms with Gasteiger partial charge in [-0.3, -0.25) is 4.18 Å². The molecule has 1 aliphatic heterocycles. The minimum absolute atomic E-state index is 0.276. The number of carbonyl (C=O) groups is 1. The average molecular weight is 251 g/mol. The van der Waals surface area contributed by atoms with E-state index in [0.29, 0.717) is 6.61 Å². The van der Waals surface area contributed by atoms with Crippen LogP contribution < -0.4 is 0 Å². The van der Waals surface area contributed by atoms with Gasteiger partial charge in [0, 0.05) is 0 Å². The lowest BCUT2D eigenvalue weighted by molar-refractivity contribution is 0.0141. The predicted molar refractivity (Wildman–Crippen MR) is 57.5 cm³/mol. The van der Waals surface area contributed by atoms with Crippen LogP contribution in [0, 0.1) is 0 Å². The molecule has 1 rings (SSSR count). The van der Waals surface area contributed by atoms with Crippen molar-refractivity contribution in [1.82, 2.24) is 4.90 Å². The fourth-order valence-electron chi connectivity index (χ4n) is 1.29. The van der Waals surface area contributed by atoms with E-state index in [9.17, 15) is 13.2 Å². The minimum Gasteiger partial charge on any atom is -0.449 e. The van der Waals surface area contributed by atoms with Gasteiger partial charge in [0.05, 0.1) is 26.0 Å². The molecule has 94 valence electrons. The molecule has 0 aliphatic carbocycles. The molecule has 16 heavy (non-hydrogen) atoms. The van der Waals surface area contributed by atoms with Gasteiger partial charge in [-0.25, -0.2) is 4.79 Å². The molecular formula is C9H17NO5S. The fraction of sp³-hybridized carbons (Fsp3) is 0.889. The Morgan fingerprint density at radius 1 is 1.44 bits per heavy atom. The van der Waals surface area contributed by atoms with Crippen LogP contribution in [0.1, 0.15) is 19.8 Å². The van der Waals surface area contributed by atoms with Crippen LogP contribution in [0.25, 0.3) is 0 Å². The Labute approximate surface area is 95.6 Å². The second-order valence-corrected chi connectivity index (χ2v) is 5.40. The number of amides is 1. The van der Waals surface area contributed by atoms with E-state index in [1.165, 1.54) is 4.90 Å². The Morgan fingerprint density at radius 2 is 2.06 bits per heavy atom. The monoisotopic (exact) mass is 251 g/mol. The molecule has 1 amide bonds. The van der Waals surface area contributed by atoms with Crippen molar-refractivity contribution in [2.24, 2.45) is 0 Å².